The highest BCUT2D eigenvalue weighted by Crippen LogP contribution is 2.47. The first-order chi connectivity index (χ1) is 8.42. The molecular formula is C11H10F5NS. The topological polar surface area (TPSA) is 12.0 Å². The summed E-state index contributed by atoms with van der Waals surface area (Å²) in [4.78, 5) is 0. The lowest BCUT2D eigenvalue weighted by Crippen LogP contribution is -2.20. The molecule has 1 aromatic rings. The Morgan fingerprint density at radius 2 is 1.39 bits per heavy atom. The zero-order valence-electron chi connectivity index (χ0n) is 9.42. The SMILES string of the molecule is CSC1(CNc2c(F)c(F)c(F)c(F)c2F)CC1. The van der Waals surface area contributed by atoms with Gasteiger partial charge in [-0.3, -0.25) is 0 Å². The lowest BCUT2D eigenvalue weighted by Gasteiger charge is -2.15. The van der Waals surface area contributed by atoms with Gasteiger partial charge in [0.05, 0.1) is 0 Å². The zero-order chi connectivity index (χ0) is 13.5. The second kappa shape index (κ2) is 4.60. The van der Waals surface area contributed by atoms with Gasteiger partial charge in [0.15, 0.2) is 23.3 Å². The molecule has 2 rings (SSSR count). The fraction of sp³-hybridized carbons (Fsp3) is 0.455. The first kappa shape index (κ1) is 13.5. The summed E-state index contributed by atoms with van der Waals surface area (Å²) in [6.45, 7) is 0.173. The number of rotatable bonds is 4. The Labute approximate surface area is 105 Å². The molecule has 1 fully saturated rings. The Balaban J connectivity index is 2.28. The molecule has 0 heterocycles. The number of halogens is 5. The van der Waals surface area contributed by atoms with E-state index in [1.165, 1.54) is 11.8 Å². The molecule has 1 aliphatic carbocycles. The Morgan fingerprint density at radius 1 is 0.944 bits per heavy atom. The van der Waals surface area contributed by atoms with E-state index >= 15 is 0 Å². The van der Waals surface area contributed by atoms with Gasteiger partial charge in [-0.25, -0.2) is 22.0 Å². The average Bonchev–Trinajstić information content (AvgIpc) is 3.14. The molecule has 1 N–H and O–H groups in total. The Kier molecular flexibility index (Phi) is 3.44. The minimum absolute atomic E-state index is 0.153. The summed E-state index contributed by atoms with van der Waals surface area (Å²) in [5.74, 6) is -9.62. The summed E-state index contributed by atoms with van der Waals surface area (Å²) >= 11 is 1.51. The van der Waals surface area contributed by atoms with Crippen LogP contribution in [0.2, 0.25) is 0 Å². The molecule has 1 saturated carbocycles. The molecule has 0 spiro atoms. The van der Waals surface area contributed by atoms with Crippen molar-refractivity contribution in [3.63, 3.8) is 0 Å². The molecule has 7 heteroatoms. The maximum absolute atomic E-state index is 13.3. The van der Waals surface area contributed by atoms with Crippen LogP contribution in [0.3, 0.4) is 0 Å². The van der Waals surface area contributed by atoms with Crippen LogP contribution in [0.25, 0.3) is 0 Å². The summed E-state index contributed by atoms with van der Waals surface area (Å²) in [6, 6.07) is 0. The van der Waals surface area contributed by atoms with E-state index in [4.69, 9.17) is 0 Å². The maximum atomic E-state index is 13.3. The van der Waals surface area contributed by atoms with Crippen LogP contribution >= 0.6 is 11.8 Å². The van der Waals surface area contributed by atoms with E-state index in [1.54, 1.807) is 0 Å². The van der Waals surface area contributed by atoms with Crippen molar-refractivity contribution < 1.29 is 22.0 Å². The first-order valence-corrected chi connectivity index (χ1v) is 6.45. The lowest BCUT2D eigenvalue weighted by atomic mass is 10.2. The van der Waals surface area contributed by atoms with Crippen molar-refractivity contribution in [2.45, 2.75) is 17.6 Å². The zero-order valence-corrected chi connectivity index (χ0v) is 10.2. The van der Waals surface area contributed by atoms with E-state index in [1.807, 2.05) is 6.26 Å². The molecule has 1 aliphatic rings. The molecule has 0 atom stereocenters. The minimum atomic E-state index is -2.14. The third-order valence-corrected chi connectivity index (χ3v) is 4.46. The highest BCUT2D eigenvalue weighted by atomic mass is 32.2. The Hall–Kier alpha value is -0.980. The maximum Gasteiger partial charge on any atom is 0.200 e. The Bertz CT molecular complexity index is 458. The summed E-state index contributed by atoms with van der Waals surface area (Å²) in [6.07, 6.45) is 3.56. The van der Waals surface area contributed by atoms with Crippen molar-refractivity contribution in [3.8, 4) is 0 Å². The second-order valence-corrected chi connectivity index (χ2v) is 5.46. The monoisotopic (exact) mass is 283 g/mol. The van der Waals surface area contributed by atoms with E-state index in [0.717, 1.165) is 12.8 Å². The number of hydrogen-bond acceptors (Lipinski definition) is 2. The normalized spacial score (nSPS) is 16.8. The lowest BCUT2D eigenvalue weighted by molar-refractivity contribution is 0.381. The minimum Gasteiger partial charge on any atom is -0.379 e. The third-order valence-electron chi connectivity index (χ3n) is 3.04. The molecule has 18 heavy (non-hydrogen) atoms. The predicted molar refractivity (Wildman–Crippen MR) is 60.2 cm³/mol. The quantitative estimate of drug-likeness (QED) is 0.514. The number of thioether (sulfide) groups is 1. The summed E-state index contributed by atoms with van der Waals surface area (Å²) < 4.78 is 65.1. The van der Waals surface area contributed by atoms with E-state index in [-0.39, 0.29) is 11.3 Å². The summed E-state index contributed by atoms with van der Waals surface area (Å²) in [7, 11) is 0. The molecule has 0 radical (unpaired) electrons. The highest BCUT2D eigenvalue weighted by Gasteiger charge is 2.42. The third kappa shape index (κ3) is 2.15. The van der Waals surface area contributed by atoms with E-state index < -0.39 is 34.8 Å². The van der Waals surface area contributed by atoms with Crippen molar-refractivity contribution in [2.24, 2.45) is 0 Å². The van der Waals surface area contributed by atoms with Gasteiger partial charge in [-0.15, -0.1) is 0 Å². The smallest absolute Gasteiger partial charge is 0.200 e. The fourth-order valence-corrected chi connectivity index (χ4v) is 2.33. The van der Waals surface area contributed by atoms with E-state index in [9.17, 15) is 22.0 Å². The molecule has 100 valence electrons. The highest BCUT2D eigenvalue weighted by molar-refractivity contribution is 8.00. The van der Waals surface area contributed by atoms with Gasteiger partial charge in [0, 0.05) is 11.3 Å². The largest absolute Gasteiger partial charge is 0.379 e. The predicted octanol–water partition coefficient (Wildman–Crippen LogP) is 3.69. The number of hydrogen-bond donors (Lipinski definition) is 1. The van der Waals surface area contributed by atoms with E-state index in [0.29, 0.717) is 0 Å². The van der Waals surface area contributed by atoms with E-state index in [2.05, 4.69) is 5.32 Å². The molecule has 1 nitrogen and oxygen atoms in total. The molecule has 0 bridgehead atoms. The van der Waals surface area contributed by atoms with Crippen LogP contribution in [0.1, 0.15) is 12.8 Å². The molecular weight excluding hydrogens is 273 g/mol. The van der Waals surface area contributed by atoms with Crippen molar-refractivity contribution in [1.29, 1.82) is 0 Å². The van der Waals surface area contributed by atoms with Gasteiger partial charge in [-0.1, -0.05) is 0 Å². The number of nitrogens with one attached hydrogen (secondary N) is 1. The first-order valence-electron chi connectivity index (χ1n) is 5.22. The van der Waals surface area contributed by atoms with Crippen LogP contribution in [-0.2, 0) is 0 Å². The average molecular weight is 283 g/mol. The molecule has 1 aromatic carbocycles. The van der Waals surface area contributed by atoms with Crippen LogP contribution in [-0.4, -0.2) is 17.5 Å². The van der Waals surface area contributed by atoms with Crippen molar-refractivity contribution in [1.82, 2.24) is 0 Å². The number of benzene rings is 1. The van der Waals surface area contributed by atoms with Crippen LogP contribution in [0.5, 0.6) is 0 Å². The van der Waals surface area contributed by atoms with Crippen molar-refractivity contribution in [2.75, 3.05) is 18.1 Å². The standard InChI is InChI=1S/C11H10F5NS/c1-18-11(2-3-11)4-17-10-8(15)6(13)5(12)7(14)9(10)16/h17H,2-4H2,1H3. The fourth-order valence-electron chi connectivity index (χ4n) is 1.60. The van der Waals surface area contributed by atoms with Gasteiger partial charge in [-0.05, 0) is 19.1 Å². The molecule has 0 aliphatic heterocycles. The molecule has 0 saturated heterocycles. The van der Waals surface area contributed by atoms with Gasteiger partial charge in [-0.2, -0.15) is 11.8 Å². The summed E-state index contributed by atoms with van der Waals surface area (Å²) in [5, 5.41) is 2.33. The molecule has 0 amide bonds. The van der Waals surface area contributed by atoms with Crippen LogP contribution in [0.4, 0.5) is 27.6 Å². The molecule has 0 unspecified atom stereocenters. The van der Waals surface area contributed by atoms with Gasteiger partial charge in [0.25, 0.3) is 0 Å². The van der Waals surface area contributed by atoms with Crippen LogP contribution < -0.4 is 5.32 Å². The van der Waals surface area contributed by atoms with Gasteiger partial charge in [0.1, 0.15) is 5.69 Å². The second-order valence-electron chi connectivity index (χ2n) is 4.19. The Morgan fingerprint density at radius 3 is 1.78 bits per heavy atom. The summed E-state index contributed by atoms with van der Waals surface area (Å²) in [5.41, 5.74) is -0.952. The van der Waals surface area contributed by atoms with Crippen LogP contribution in [0.15, 0.2) is 0 Å². The van der Waals surface area contributed by atoms with Gasteiger partial charge < -0.3 is 5.32 Å². The number of anilines is 1. The van der Waals surface area contributed by atoms with Gasteiger partial charge >= 0.3 is 0 Å². The van der Waals surface area contributed by atoms with Crippen molar-refractivity contribution in [3.05, 3.63) is 29.1 Å². The van der Waals surface area contributed by atoms with Crippen molar-refractivity contribution >= 4 is 17.4 Å². The van der Waals surface area contributed by atoms with Gasteiger partial charge in [0.2, 0.25) is 5.82 Å². The molecule has 0 aromatic heterocycles. The van der Waals surface area contributed by atoms with Crippen LogP contribution in [0, 0.1) is 29.1 Å².